The van der Waals surface area contributed by atoms with Crippen LogP contribution in [0, 0.1) is 23.5 Å². The topological polar surface area (TPSA) is 9.23 Å². The lowest BCUT2D eigenvalue weighted by Gasteiger charge is -2.06. The SMILES string of the molecule is Fc1cc(F)cc(Oc2ccc[c]c2F)c1. The Hall–Kier alpha value is -1.97. The molecule has 2 aromatic rings. The molecule has 0 unspecified atom stereocenters. The molecule has 0 heterocycles. The Morgan fingerprint density at radius 2 is 1.69 bits per heavy atom. The van der Waals surface area contributed by atoms with Gasteiger partial charge in [-0.15, -0.1) is 0 Å². The summed E-state index contributed by atoms with van der Waals surface area (Å²) >= 11 is 0. The first-order valence-electron chi connectivity index (χ1n) is 4.45. The van der Waals surface area contributed by atoms with Gasteiger partial charge in [-0.2, -0.15) is 0 Å². The summed E-state index contributed by atoms with van der Waals surface area (Å²) in [5.74, 6) is -2.51. The molecule has 2 aromatic carbocycles. The van der Waals surface area contributed by atoms with Crippen molar-refractivity contribution >= 4 is 0 Å². The third-order valence-electron chi connectivity index (χ3n) is 1.83. The van der Waals surface area contributed by atoms with Crippen molar-refractivity contribution in [3.63, 3.8) is 0 Å². The molecule has 16 heavy (non-hydrogen) atoms. The monoisotopic (exact) mass is 223 g/mol. The summed E-state index contributed by atoms with van der Waals surface area (Å²) in [6.07, 6.45) is 0. The lowest BCUT2D eigenvalue weighted by Crippen LogP contribution is -1.90. The summed E-state index contributed by atoms with van der Waals surface area (Å²) in [7, 11) is 0. The number of hydrogen-bond donors (Lipinski definition) is 0. The second-order valence-electron chi connectivity index (χ2n) is 3.06. The molecule has 0 spiro atoms. The molecule has 0 aromatic heterocycles. The molecule has 0 N–H and O–H groups in total. The van der Waals surface area contributed by atoms with E-state index in [9.17, 15) is 13.2 Å². The van der Waals surface area contributed by atoms with Crippen molar-refractivity contribution in [1.29, 1.82) is 0 Å². The van der Waals surface area contributed by atoms with E-state index in [0.29, 0.717) is 6.07 Å². The third-order valence-corrected chi connectivity index (χ3v) is 1.83. The van der Waals surface area contributed by atoms with E-state index in [1.54, 1.807) is 0 Å². The van der Waals surface area contributed by atoms with Crippen molar-refractivity contribution in [2.45, 2.75) is 0 Å². The van der Waals surface area contributed by atoms with E-state index in [1.165, 1.54) is 18.2 Å². The minimum absolute atomic E-state index is 0.101. The lowest BCUT2D eigenvalue weighted by molar-refractivity contribution is 0.433. The van der Waals surface area contributed by atoms with Crippen LogP contribution in [0.4, 0.5) is 13.2 Å². The number of benzene rings is 2. The highest BCUT2D eigenvalue weighted by Crippen LogP contribution is 2.25. The number of ether oxygens (including phenoxy) is 1. The average Bonchev–Trinajstić information content (AvgIpc) is 2.20. The van der Waals surface area contributed by atoms with Crippen molar-refractivity contribution in [3.8, 4) is 11.5 Å². The zero-order valence-corrected chi connectivity index (χ0v) is 8.01. The minimum Gasteiger partial charge on any atom is -0.454 e. The molecular weight excluding hydrogens is 217 g/mol. The van der Waals surface area contributed by atoms with E-state index in [-0.39, 0.29) is 11.5 Å². The van der Waals surface area contributed by atoms with Crippen molar-refractivity contribution in [1.82, 2.24) is 0 Å². The molecule has 1 radical (unpaired) electrons. The molecule has 0 fully saturated rings. The highest BCUT2D eigenvalue weighted by Gasteiger charge is 2.06. The van der Waals surface area contributed by atoms with Crippen molar-refractivity contribution in [2.75, 3.05) is 0 Å². The number of rotatable bonds is 2. The molecule has 1 nitrogen and oxygen atoms in total. The smallest absolute Gasteiger partial charge is 0.173 e. The summed E-state index contributed by atoms with van der Waals surface area (Å²) in [4.78, 5) is 0. The van der Waals surface area contributed by atoms with Gasteiger partial charge in [0.2, 0.25) is 0 Å². The van der Waals surface area contributed by atoms with Gasteiger partial charge in [0.15, 0.2) is 11.6 Å². The van der Waals surface area contributed by atoms with E-state index in [4.69, 9.17) is 4.74 Å². The van der Waals surface area contributed by atoms with Gasteiger partial charge < -0.3 is 4.74 Å². The van der Waals surface area contributed by atoms with Gasteiger partial charge in [-0.3, -0.25) is 0 Å². The summed E-state index contributed by atoms with van der Waals surface area (Å²) in [6, 6.07) is 9.13. The Bertz CT molecular complexity index is 491. The van der Waals surface area contributed by atoms with Crippen LogP contribution in [0.25, 0.3) is 0 Å². The Labute approximate surface area is 90.1 Å². The van der Waals surface area contributed by atoms with E-state index in [1.807, 2.05) is 0 Å². The van der Waals surface area contributed by atoms with Crippen molar-refractivity contribution in [3.05, 3.63) is 59.9 Å². The molecule has 0 atom stereocenters. The van der Waals surface area contributed by atoms with Crippen LogP contribution in [-0.2, 0) is 0 Å². The molecule has 0 saturated heterocycles. The van der Waals surface area contributed by atoms with E-state index < -0.39 is 17.5 Å². The maximum atomic E-state index is 13.1. The second-order valence-corrected chi connectivity index (χ2v) is 3.06. The Balaban J connectivity index is 2.30. The van der Waals surface area contributed by atoms with Gasteiger partial charge in [0.05, 0.1) is 0 Å². The predicted molar refractivity (Wildman–Crippen MR) is 51.7 cm³/mol. The van der Waals surface area contributed by atoms with Gasteiger partial charge in [0.1, 0.15) is 17.4 Å². The molecule has 2 rings (SSSR count). The molecule has 4 heteroatoms. The molecule has 0 aliphatic heterocycles. The average molecular weight is 223 g/mol. The molecule has 81 valence electrons. The van der Waals surface area contributed by atoms with Crippen molar-refractivity contribution < 1.29 is 17.9 Å². The normalized spacial score (nSPS) is 10.2. The third kappa shape index (κ3) is 2.34. The Kier molecular flexibility index (Phi) is 2.81. The fraction of sp³-hybridized carbons (Fsp3) is 0. The van der Waals surface area contributed by atoms with Crippen LogP contribution in [0.1, 0.15) is 0 Å². The van der Waals surface area contributed by atoms with Crippen LogP contribution in [-0.4, -0.2) is 0 Å². The van der Waals surface area contributed by atoms with Gasteiger partial charge >= 0.3 is 0 Å². The van der Waals surface area contributed by atoms with Gasteiger partial charge in [-0.25, -0.2) is 13.2 Å². The lowest BCUT2D eigenvalue weighted by atomic mass is 10.3. The number of hydrogen-bond acceptors (Lipinski definition) is 1. The highest BCUT2D eigenvalue weighted by atomic mass is 19.1. The maximum Gasteiger partial charge on any atom is 0.173 e. The predicted octanol–water partition coefficient (Wildman–Crippen LogP) is 3.70. The van der Waals surface area contributed by atoms with Crippen molar-refractivity contribution in [2.24, 2.45) is 0 Å². The zero-order chi connectivity index (χ0) is 11.5. The maximum absolute atomic E-state index is 13.1. The van der Waals surface area contributed by atoms with E-state index in [2.05, 4.69) is 6.07 Å². The first-order valence-corrected chi connectivity index (χ1v) is 4.45. The van der Waals surface area contributed by atoms with E-state index >= 15 is 0 Å². The number of halogens is 3. The van der Waals surface area contributed by atoms with Crippen LogP contribution in [0.5, 0.6) is 11.5 Å². The fourth-order valence-electron chi connectivity index (χ4n) is 1.19. The Morgan fingerprint density at radius 1 is 1.00 bits per heavy atom. The summed E-state index contributed by atoms with van der Waals surface area (Å²) in [5, 5.41) is 0. The standard InChI is InChI=1S/C12H6F3O/c13-8-5-9(14)7-10(6-8)16-12-4-2-1-3-11(12)15/h1-2,4-7H. The molecule has 0 saturated carbocycles. The summed E-state index contributed by atoms with van der Waals surface area (Å²) < 4.78 is 43.7. The van der Waals surface area contributed by atoms with Crippen LogP contribution < -0.4 is 4.74 Å². The van der Waals surface area contributed by atoms with Gasteiger partial charge in [-0.05, 0) is 6.07 Å². The van der Waals surface area contributed by atoms with Crippen LogP contribution in [0.2, 0.25) is 0 Å². The van der Waals surface area contributed by atoms with Gasteiger partial charge in [0.25, 0.3) is 0 Å². The summed E-state index contributed by atoms with van der Waals surface area (Å²) in [6.45, 7) is 0. The van der Waals surface area contributed by atoms with Gasteiger partial charge in [-0.1, -0.05) is 12.1 Å². The van der Waals surface area contributed by atoms with Crippen LogP contribution in [0.3, 0.4) is 0 Å². The molecule has 0 aliphatic carbocycles. The van der Waals surface area contributed by atoms with Crippen LogP contribution in [0.15, 0.2) is 36.4 Å². The fourth-order valence-corrected chi connectivity index (χ4v) is 1.19. The first kappa shape index (κ1) is 10.5. The van der Waals surface area contributed by atoms with Crippen LogP contribution >= 0.6 is 0 Å². The van der Waals surface area contributed by atoms with Gasteiger partial charge in [0, 0.05) is 24.3 Å². The molecule has 0 aliphatic rings. The quantitative estimate of drug-likeness (QED) is 0.754. The largest absolute Gasteiger partial charge is 0.454 e. The first-order chi connectivity index (χ1) is 7.65. The minimum atomic E-state index is -0.782. The second kappa shape index (κ2) is 4.26. The Morgan fingerprint density at radius 3 is 2.31 bits per heavy atom. The summed E-state index contributed by atoms with van der Waals surface area (Å²) in [5.41, 5.74) is 0. The molecule has 0 bridgehead atoms. The molecule has 0 amide bonds. The molecular formula is C12H6F3O. The van der Waals surface area contributed by atoms with E-state index in [0.717, 1.165) is 12.1 Å². The zero-order valence-electron chi connectivity index (χ0n) is 8.01. The highest BCUT2D eigenvalue weighted by molar-refractivity contribution is 5.32.